The SMILES string of the molecule is O=C(NC1CCCCC1)[C@H](c1ccc(O)cc1)N(C(=O)[C@@H]1COc2ccccc2O1)c1ccc2c(c1)OCCO2. The number of rotatable bonds is 6. The molecule has 0 radical (unpaired) electrons. The van der Waals surface area contributed by atoms with Gasteiger partial charge in [-0.25, -0.2) is 0 Å². The molecule has 2 N–H and O–H groups in total. The number of aromatic hydroxyl groups is 1. The molecule has 1 aliphatic carbocycles. The van der Waals surface area contributed by atoms with E-state index in [4.69, 9.17) is 18.9 Å². The fraction of sp³-hybridized carbons (Fsp3) is 0.355. The third-order valence-corrected chi connectivity index (χ3v) is 7.49. The number of para-hydroxylation sites is 2. The largest absolute Gasteiger partial charge is 0.508 e. The molecule has 3 aromatic rings. The highest BCUT2D eigenvalue weighted by molar-refractivity contribution is 6.04. The van der Waals surface area contributed by atoms with Gasteiger partial charge in [0.15, 0.2) is 23.0 Å². The summed E-state index contributed by atoms with van der Waals surface area (Å²) in [5, 5.41) is 13.2. The zero-order valence-corrected chi connectivity index (χ0v) is 22.1. The Morgan fingerprint density at radius 1 is 0.825 bits per heavy atom. The quantitative estimate of drug-likeness (QED) is 0.470. The summed E-state index contributed by atoms with van der Waals surface area (Å²) >= 11 is 0. The van der Waals surface area contributed by atoms with Crippen LogP contribution in [0, 0.1) is 0 Å². The fourth-order valence-electron chi connectivity index (χ4n) is 5.48. The number of ether oxygens (including phenoxy) is 4. The van der Waals surface area contributed by atoms with Gasteiger partial charge < -0.3 is 29.4 Å². The number of phenols is 1. The number of hydrogen-bond donors (Lipinski definition) is 2. The number of carbonyl (C=O) groups excluding carboxylic acids is 2. The van der Waals surface area contributed by atoms with Gasteiger partial charge in [0.2, 0.25) is 12.0 Å². The molecule has 2 aliphatic heterocycles. The van der Waals surface area contributed by atoms with Crippen molar-refractivity contribution >= 4 is 17.5 Å². The summed E-state index contributed by atoms with van der Waals surface area (Å²) in [4.78, 5) is 29.9. The molecular weight excluding hydrogens is 512 g/mol. The Balaban J connectivity index is 1.41. The van der Waals surface area contributed by atoms with Crippen LogP contribution in [-0.4, -0.2) is 48.9 Å². The van der Waals surface area contributed by atoms with Gasteiger partial charge in [0, 0.05) is 17.8 Å². The van der Waals surface area contributed by atoms with Crippen LogP contribution in [0.5, 0.6) is 28.7 Å². The first-order valence-electron chi connectivity index (χ1n) is 13.8. The Kier molecular flexibility index (Phi) is 7.35. The minimum absolute atomic E-state index is 0.0105. The predicted octanol–water partition coefficient (Wildman–Crippen LogP) is 4.53. The number of benzene rings is 3. The number of fused-ring (bicyclic) bond motifs is 2. The molecule has 0 spiro atoms. The van der Waals surface area contributed by atoms with Crippen molar-refractivity contribution in [2.45, 2.75) is 50.3 Å². The van der Waals surface area contributed by atoms with Crippen LogP contribution in [0.15, 0.2) is 66.7 Å². The maximum atomic E-state index is 14.4. The van der Waals surface area contributed by atoms with Gasteiger partial charge in [-0.2, -0.15) is 0 Å². The van der Waals surface area contributed by atoms with Gasteiger partial charge in [0.25, 0.3) is 5.91 Å². The number of amides is 2. The van der Waals surface area contributed by atoms with Gasteiger partial charge in [0.1, 0.15) is 31.6 Å². The van der Waals surface area contributed by atoms with Crippen molar-refractivity contribution < 1.29 is 33.6 Å². The maximum Gasteiger partial charge on any atom is 0.272 e. The second-order valence-corrected chi connectivity index (χ2v) is 10.2. The Hall–Kier alpha value is -4.40. The highest BCUT2D eigenvalue weighted by Gasteiger charge is 2.40. The average molecular weight is 545 g/mol. The Bertz CT molecular complexity index is 1370. The van der Waals surface area contributed by atoms with Crippen LogP contribution < -0.4 is 29.2 Å². The lowest BCUT2D eigenvalue weighted by Gasteiger charge is -2.36. The van der Waals surface area contributed by atoms with Gasteiger partial charge in [0.05, 0.1) is 0 Å². The molecule has 40 heavy (non-hydrogen) atoms. The summed E-state index contributed by atoms with van der Waals surface area (Å²) in [6.07, 6.45) is 4.03. The maximum absolute atomic E-state index is 14.4. The number of nitrogens with zero attached hydrogens (tertiary/aromatic N) is 1. The molecule has 0 unspecified atom stereocenters. The summed E-state index contributed by atoms with van der Waals surface area (Å²) in [7, 11) is 0. The van der Waals surface area contributed by atoms with Crippen molar-refractivity contribution in [2.24, 2.45) is 0 Å². The van der Waals surface area contributed by atoms with Crippen molar-refractivity contribution in [3.63, 3.8) is 0 Å². The fourth-order valence-corrected chi connectivity index (χ4v) is 5.48. The van der Waals surface area contributed by atoms with E-state index in [0.29, 0.717) is 47.5 Å². The summed E-state index contributed by atoms with van der Waals surface area (Å²) in [6, 6.07) is 17.7. The van der Waals surface area contributed by atoms with Crippen molar-refractivity contribution in [2.75, 3.05) is 24.7 Å². The van der Waals surface area contributed by atoms with Crippen LogP contribution in [0.3, 0.4) is 0 Å². The van der Waals surface area contributed by atoms with Crippen molar-refractivity contribution in [1.29, 1.82) is 0 Å². The first-order valence-corrected chi connectivity index (χ1v) is 13.8. The molecule has 2 atom stereocenters. The van der Waals surface area contributed by atoms with Gasteiger partial charge in [-0.1, -0.05) is 43.5 Å². The van der Waals surface area contributed by atoms with E-state index in [9.17, 15) is 14.7 Å². The zero-order chi connectivity index (χ0) is 27.5. The summed E-state index contributed by atoms with van der Waals surface area (Å²) in [6.45, 7) is 0.801. The first kappa shape index (κ1) is 25.9. The molecule has 3 aliphatic rings. The second-order valence-electron chi connectivity index (χ2n) is 10.2. The lowest BCUT2D eigenvalue weighted by molar-refractivity contribution is -0.132. The molecule has 6 rings (SSSR count). The molecule has 9 heteroatoms. The number of phenolic OH excluding ortho intramolecular Hbond substituents is 1. The standard InChI is InChI=1S/C31H32N2O7/c34-23-13-10-20(11-14-23)29(30(35)32-21-6-2-1-3-7-21)33(22-12-15-25-27(18-22)38-17-16-37-25)31(36)28-19-39-24-8-4-5-9-26(24)40-28/h4-5,8-15,18,21,28-29,34H,1-3,6-7,16-17,19H2,(H,32,35)/t28-,29-/m0/s1. The van der Waals surface area contributed by atoms with Gasteiger partial charge in [-0.05, 0) is 54.8 Å². The minimum atomic E-state index is -1.04. The molecule has 2 amide bonds. The van der Waals surface area contributed by atoms with Crippen LogP contribution in [-0.2, 0) is 9.59 Å². The molecule has 2 heterocycles. The molecule has 0 bridgehead atoms. The van der Waals surface area contributed by atoms with E-state index in [2.05, 4.69) is 5.32 Å². The monoisotopic (exact) mass is 544 g/mol. The summed E-state index contributed by atoms with van der Waals surface area (Å²) in [5.41, 5.74) is 1.00. The van der Waals surface area contributed by atoms with Crippen LogP contribution >= 0.6 is 0 Å². The molecule has 3 aromatic carbocycles. The van der Waals surface area contributed by atoms with E-state index in [1.54, 1.807) is 42.5 Å². The first-order chi connectivity index (χ1) is 19.6. The smallest absolute Gasteiger partial charge is 0.272 e. The Labute approximate surface area is 232 Å². The predicted molar refractivity (Wildman–Crippen MR) is 147 cm³/mol. The average Bonchev–Trinajstić information content (AvgIpc) is 3.00. The molecule has 1 saturated carbocycles. The van der Waals surface area contributed by atoms with Crippen LogP contribution in [0.1, 0.15) is 43.7 Å². The molecule has 208 valence electrons. The van der Waals surface area contributed by atoms with E-state index < -0.39 is 18.1 Å². The van der Waals surface area contributed by atoms with Crippen molar-refractivity contribution in [3.8, 4) is 28.7 Å². The van der Waals surface area contributed by atoms with E-state index in [0.717, 1.165) is 32.1 Å². The number of anilines is 1. The van der Waals surface area contributed by atoms with E-state index in [-0.39, 0.29) is 24.3 Å². The van der Waals surface area contributed by atoms with Crippen molar-refractivity contribution in [3.05, 3.63) is 72.3 Å². The van der Waals surface area contributed by atoms with Gasteiger partial charge in [-0.15, -0.1) is 0 Å². The third-order valence-electron chi connectivity index (χ3n) is 7.49. The minimum Gasteiger partial charge on any atom is -0.508 e. The molecule has 9 nitrogen and oxygen atoms in total. The summed E-state index contributed by atoms with van der Waals surface area (Å²) < 4.78 is 23.5. The second kappa shape index (κ2) is 11.4. The number of nitrogens with one attached hydrogen (secondary N) is 1. The topological polar surface area (TPSA) is 107 Å². The Morgan fingerprint density at radius 2 is 1.52 bits per heavy atom. The summed E-state index contributed by atoms with van der Waals surface area (Å²) in [5.74, 6) is 1.39. The van der Waals surface area contributed by atoms with E-state index >= 15 is 0 Å². The molecular formula is C31H32N2O7. The van der Waals surface area contributed by atoms with Gasteiger partial charge >= 0.3 is 0 Å². The third kappa shape index (κ3) is 5.36. The number of carbonyl (C=O) groups is 2. The highest BCUT2D eigenvalue weighted by Crippen LogP contribution is 2.39. The number of hydrogen-bond acceptors (Lipinski definition) is 7. The van der Waals surface area contributed by atoms with E-state index in [1.807, 2.05) is 12.1 Å². The normalized spacial score (nSPS) is 18.9. The molecule has 0 aromatic heterocycles. The molecule has 1 fully saturated rings. The molecule has 0 saturated heterocycles. The van der Waals surface area contributed by atoms with Gasteiger partial charge in [-0.3, -0.25) is 14.5 Å². The van der Waals surface area contributed by atoms with Crippen molar-refractivity contribution in [1.82, 2.24) is 5.32 Å². The van der Waals surface area contributed by atoms with E-state index in [1.165, 1.54) is 17.0 Å². The van der Waals surface area contributed by atoms with Crippen LogP contribution in [0.2, 0.25) is 0 Å². The Morgan fingerprint density at radius 3 is 2.30 bits per heavy atom. The van der Waals surface area contributed by atoms with Crippen LogP contribution in [0.25, 0.3) is 0 Å². The van der Waals surface area contributed by atoms with Crippen LogP contribution in [0.4, 0.5) is 5.69 Å². The highest BCUT2D eigenvalue weighted by atomic mass is 16.6. The lowest BCUT2D eigenvalue weighted by Crippen LogP contribution is -2.52. The zero-order valence-electron chi connectivity index (χ0n) is 22.1. The lowest BCUT2D eigenvalue weighted by atomic mass is 9.94.